The molecule has 26 heavy (non-hydrogen) atoms. The van der Waals surface area contributed by atoms with Gasteiger partial charge in [-0.05, 0) is 84.5 Å². The summed E-state index contributed by atoms with van der Waals surface area (Å²) in [6.07, 6.45) is 4.43. The molecule has 2 aromatic carbocycles. The fourth-order valence-corrected chi connectivity index (χ4v) is 4.35. The molecule has 0 aliphatic heterocycles. The molecule has 2 aromatic rings. The van der Waals surface area contributed by atoms with Crippen LogP contribution in [-0.4, -0.2) is 34.3 Å². The van der Waals surface area contributed by atoms with Gasteiger partial charge in [0.2, 0.25) is 0 Å². The van der Waals surface area contributed by atoms with Crippen molar-refractivity contribution in [1.29, 1.82) is 0 Å². The first-order valence-corrected chi connectivity index (χ1v) is 9.30. The Morgan fingerprint density at radius 2 is 1.00 bits per heavy atom. The standard InChI is InChI=1S/C20H26B2O4/c1-13-11-17(21(23)24)7-9-19(13)15-3-5-16(6-4-15)20-10-8-18(22(25)26)12-14(20)2/h7-12,15-16,23-26H,3-6H2,1-2H3. The lowest BCUT2D eigenvalue weighted by atomic mass is 9.72. The fraction of sp³-hybridized carbons (Fsp3) is 0.400. The molecule has 1 aliphatic rings. The summed E-state index contributed by atoms with van der Waals surface area (Å²) in [5, 5.41) is 37.3. The number of hydrogen-bond acceptors (Lipinski definition) is 4. The summed E-state index contributed by atoms with van der Waals surface area (Å²) in [5.74, 6) is 1.02. The van der Waals surface area contributed by atoms with Crippen molar-refractivity contribution < 1.29 is 20.1 Å². The Kier molecular flexibility index (Phi) is 5.88. The molecule has 0 unspecified atom stereocenters. The molecule has 0 heterocycles. The van der Waals surface area contributed by atoms with Crippen molar-refractivity contribution in [3.63, 3.8) is 0 Å². The summed E-state index contributed by atoms with van der Waals surface area (Å²) in [7, 11) is -2.83. The maximum absolute atomic E-state index is 9.31. The van der Waals surface area contributed by atoms with Crippen molar-refractivity contribution in [2.24, 2.45) is 0 Å². The summed E-state index contributed by atoms with van der Waals surface area (Å²) in [5.41, 5.74) is 5.95. The second kappa shape index (κ2) is 7.97. The van der Waals surface area contributed by atoms with E-state index in [2.05, 4.69) is 0 Å². The van der Waals surface area contributed by atoms with Crippen LogP contribution in [0.15, 0.2) is 36.4 Å². The van der Waals surface area contributed by atoms with Crippen LogP contribution in [0.5, 0.6) is 0 Å². The summed E-state index contributed by atoms with van der Waals surface area (Å²) < 4.78 is 0. The van der Waals surface area contributed by atoms with Crippen molar-refractivity contribution in [2.45, 2.75) is 51.4 Å². The van der Waals surface area contributed by atoms with Gasteiger partial charge in [-0.15, -0.1) is 0 Å². The van der Waals surface area contributed by atoms with Gasteiger partial charge in [0.05, 0.1) is 0 Å². The molecule has 1 aliphatic carbocycles. The maximum Gasteiger partial charge on any atom is 0.488 e. The first kappa shape index (κ1) is 19.2. The van der Waals surface area contributed by atoms with Crippen LogP contribution in [-0.2, 0) is 0 Å². The summed E-state index contributed by atoms with van der Waals surface area (Å²) in [4.78, 5) is 0. The van der Waals surface area contributed by atoms with E-state index in [1.807, 2.05) is 50.2 Å². The van der Waals surface area contributed by atoms with Gasteiger partial charge in [-0.1, -0.05) is 36.4 Å². The molecule has 136 valence electrons. The lowest BCUT2D eigenvalue weighted by Gasteiger charge is -2.31. The molecule has 0 atom stereocenters. The third-order valence-corrected chi connectivity index (χ3v) is 5.79. The van der Waals surface area contributed by atoms with Crippen LogP contribution in [0.4, 0.5) is 0 Å². The Bertz CT molecular complexity index is 703. The predicted octanol–water partition coefficient (Wildman–Crippen LogP) is 1.10. The molecule has 4 nitrogen and oxygen atoms in total. The minimum atomic E-state index is -1.41. The number of hydrogen-bond donors (Lipinski definition) is 4. The van der Waals surface area contributed by atoms with E-state index in [0.29, 0.717) is 22.8 Å². The molecule has 0 saturated heterocycles. The van der Waals surface area contributed by atoms with Gasteiger partial charge in [0.25, 0.3) is 0 Å². The van der Waals surface area contributed by atoms with Crippen LogP contribution in [0.1, 0.15) is 59.8 Å². The van der Waals surface area contributed by atoms with E-state index in [0.717, 1.165) is 36.8 Å². The lowest BCUT2D eigenvalue weighted by Crippen LogP contribution is -2.30. The minimum absolute atomic E-state index is 0.509. The highest BCUT2D eigenvalue weighted by Gasteiger charge is 2.26. The van der Waals surface area contributed by atoms with Gasteiger partial charge in [-0.3, -0.25) is 0 Å². The van der Waals surface area contributed by atoms with Gasteiger partial charge < -0.3 is 20.1 Å². The zero-order valence-corrected chi connectivity index (χ0v) is 15.4. The smallest absolute Gasteiger partial charge is 0.423 e. The largest absolute Gasteiger partial charge is 0.488 e. The predicted molar refractivity (Wildman–Crippen MR) is 106 cm³/mol. The van der Waals surface area contributed by atoms with Gasteiger partial charge in [-0.25, -0.2) is 0 Å². The van der Waals surface area contributed by atoms with Crippen molar-refractivity contribution in [3.05, 3.63) is 58.7 Å². The number of benzene rings is 2. The molecule has 1 saturated carbocycles. The first-order valence-electron chi connectivity index (χ1n) is 9.30. The zero-order chi connectivity index (χ0) is 18.8. The molecule has 0 aromatic heterocycles. The zero-order valence-electron chi connectivity index (χ0n) is 15.4. The Labute approximate surface area is 155 Å². The van der Waals surface area contributed by atoms with Crippen LogP contribution in [0.25, 0.3) is 0 Å². The third kappa shape index (κ3) is 4.04. The van der Waals surface area contributed by atoms with Crippen molar-refractivity contribution in [1.82, 2.24) is 0 Å². The Morgan fingerprint density at radius 3 is 1.27 bits per heavy atom. The lowest BCUT2D eigenvalue weighted by molar-refractivity contribution is 0.394. The third-order valence-electron chi connectivity index (χ3n) is 5.79. The topological polar surface area (TPSA) is 80.9 Å². The van der Waals surface area contributed by atoms with Crippen molar-refractivity contribution in [3.8, 4) is 0 Å². The maximum atomic E-state index is 9.31. The van der Waals surface area contributed by atoms with Gasteiger partial charge in [0, 0.05) is 0 Å². The molecule has 3 rings (SSSR count). The monoisotopic (exact) mass is 352 g/mol. The van der Waals surface area contributed by atoms with Crippen LogP contribution in [0, 0.1) is 13.8 Å². The molecule has 0 bridgehead atoms. The second-order valence-corrected chi connectivity index (χ2v) is 7.53. The van der Waals surface area contributed by atoms with Gasteiger partial charge in [-0.2, -0.15) is 0 Å². The quantitative estimate of drug-likeness (QED) is 0.622. The summed E-state index contributed by atoms with van der Waals surface area (Å²) in [6, 6.07) is 11.4. The van der Waals surface area contributed by atoms with Crippen LogP contribution >= 0.6 is 0 Å². The molecule has 0 spiro atoms. The SMILES string of the molecule is Cc1cc(B(O)O)ccc1C1CCC(c2ccc(B(O)O)cc2C)CC1. The van der Waals surface area contributed by atoms with Crippen molar-refractivity contribution in [2.75, 3.05) is 0 Å². The molecule has 0 amide bonds. The van der Waals surface area contributed by atoms with Crippen LogP contribution in [0.2, 0.25) is 0 Å². The highest BCUT2D eigenvalue weighted by Crippen LogP contribution is 2.41. The average molecular weight is 352 g/mol. The Balaban J connectivity index is 1.70. The Hall–Kier alpha value is -1.59. The molecule has 1 fully saturated rings. The van der Waals surface area contributed by atoms with Gasteiger partial charge in [0.15, 0.2) is 0 Å². The summed E-state index contributed by atoms with van der Waals surface area (Å²) >= 11 is 0. The average Bonchev–Trinajstić information content (AvgIpc) is 2.61. The van der Waals surface area contributed by atoms with Gasteiger partial charge in [0.1, 0.15) is 0 Å². The number of aryl methyl sites for hydroxylation is 2. The molecule has 4 N–H and O–H groups in total. The van der Waals surface area contributed by atoms with Crippen molar-refractivity contribution >= 4 is 25.2 Å². The number of rotatable bonds is 4. The minimum Gasteiger partial charge on any atom is -0.423 e. The van der Waals surface area contributed by atoms with E-state index in [-0.39, 0.29) is 0 Å². The molecule has 0 radical (unpaired) electrons. The van der Waals surface area contributed by atoms with Crippen LogP contribution in [0.3, 0.4) is 0 Å². The van der Waals surface area contributed by atoms with E-state index in [4.69, 9.17) is 0 Å². The first-order chi connectivity index (χ1) is 12.4. The highest BCUT2D eigenvalue weighted by molar-refractivity contribution is 6.59. The van der Waals surface area contributed by atoms with Gasteiger partial charge >= 0.3 is 14.2 Å². The molecular weight excluding hydrogens is 326 g/mol. The molecule has 6 heteroatoms. The van der Waals surface area contributed by atoms with E-state index in [1.54, 1.807) is 0 Å². The van der Waals surface area contributed by atoms with E-state index in [1.165, 1.54) is 11.1 Å². The fourth-order valence-electron chi connectivity index (χ4n) is 4.35. The van der Waals surface area contributed by atoms with E-state index in [9.17, 15) is 20.1 Å². The second-order valence-electron chi connectivity index (χ2n) is 7.53. The molecular formula is C20H26B2O4. The summed E-state index contributed by atoms with van der Waals surface area (Å²) in [6.45, 7) is 4.08. The highest BCUT2D eigenvalue weighted by atomic mass is 16.4. The normalized spacial score (nSPS) is 20.1. The Morgan fingerprint density at radius 1 is 0.654 bits per heavy atom. The van der Waals surface area contributed by atoms with E-state index >= 15 is 0 Å². The van der Waals surface area contributed by atoms with Crippen LogP contribution < -0.4 is 10.9 Å². The van der Waals surface area contributed by atoms with E-state index < -0.39 is 14.2 Å².